The fraction of sp³-hybridized carbons (Fsp3) is 0.632. The van der Waals surface area contributed by atoms with Crippen molar-refractivity contribution >= 4 is 15.9 Å². The lowest BCUT2D eigenvalue weighted by Gasteiger charge is -2.32. The lowest BCUT2D eigenvalue weighted by Crippen LogP contribution is -2.37. The molecule has 1 heterocycles. The van der Waals surface area contributed by atoms with Gasteiger partial charge in [-0.1, -0.05) is 25.3 Å². The molecular weight excluding hydrogens is 352 g/mol. The number of rotatable bonds is 5. The Balaban J connectivity index is 1.44. The Morgan fingerprint density at radius 3 is 2.62 bits per heavy atom. The van der Waals surface area contributed by atoms with Gasteiger partial charge in [0.05, 0.1) is 17.1 Å². The third-order valence-electron chi connectivity index (χ3n) is 5.61. The van der Waals surface area contributed by atoms with Crippen LogP contribution in [0.2, 0.25) is 0 Å². The van der Waals surface area contributed by atoms with Gasteiger partial charge in [0.15, 0.2) is 0 Å². The van der Waals surface area contributed by atoms with Gasteiger partial charge in [-0.05, 0) is 50.3 Å². The van der Waals surface area contributed by atoms with E-state index in [-0.39, 0.29) is 28.5 Å². The summed E-state index contributed by atoms with van der Waals surface area (Å²) in [5, 5.41) is 2.89. The Kier molecular flexibility index (Phi) is 4.79. The Labute approximate surface area is 154 Å². The molecule has 1 atom stereocenters. The molecule has 0 radical (unpaired) electrons. The van der Waals surface area contributed by atoms with E-state index in [1.165, 1.54) is 18.6 Å². The summed E-state index contributed by atoms with van der Waals surface area (Å²) in [6.07, 6.45) is 8.29. The van der Waals surface area contributed by atoms with Crippen LogP contribution in [0.15, 0.2) is 29.2 Å². The maximum atomic E-state index is 12.8. The molecule has 0 unspecified atom stereocenters. The van der Waals surface area contributed by atoms with E-state index in [9.17, 15) is 13.2 Å². The molecule has 1 saturated heterocycles. The second-order valence-electron chi connectivity index (χ2n) is 7.85. The van der Waals surface area contributed by atoms with Crippen molar-refractivity contribution in [2.45, 2.75) is 73.9 Å². The smallest absolute Gasteiger partial charge is 0.251 e. The zero-order chi connectivity index (χ0) is 18.2. The van der Waals surface area contributed by atoms with Gasteiger partial charge in [0.25, 0.3) is 5.91 Å². The first-order valence-electron chi connectivity index (χ1n) is 9.53. The van der Waals surface area contributed by atoms with Gasteiger partial charge in [0.1, 0.15) is 0 Å². The molecule has 4 rings (SSSR count). The van der Waals surface area contributed by atoms with E-state index in [4.69, 9.17) is 4.74 Å². The maximum absolute atomic E-state index is 12.8. The minimum Gasteiger partial charge on any atom is -0.373 e. The first kappa shape index (κ1) is 17.9. The average Bonchev–Trinajstić information content (AvgIpc) is 3.37. The molecule has 1 aromatic rings. The summed E-state index contributed by atoms with van der Waals surface area (Å²) in [5.41, 5.74) is 0.239. The summed E-state index contributed by atoms with van der Waals surface area (Å²) in [6.45, 7) is 0.418. The van der Waals surface area contributed by atoms with E-state index in [1.54, 1.807) is 12.1 Å². The molecule has 26 heavy (non-hydrogen) atoms. The Morgan fingerprint density at radius 2 is 1.88 bits per heavy atom. The topological polar surface area (TPSA) is 84.5 Å². The molecule has 6 nitrogen and oxygen atoms in total. The van der Waals surface area contributed by atoms with E-state index in [0.717, 1.165) is 44.9 Å². The fourth-order valence-electron chi connectivity index (χ4n) is 4.05. The zero-order valence-corrected chi connectivity index (χ0v) is 15.7. The highest BCUT2D eigenvalue weighted by Crippen LogP contribution is 2.39. The van der Waals surface area contributed by atoms with Crippen molar-refractivity contribution in [2.75, 3.05) is 6.61 Å². The molecule has 2 aliphatic carbocycles. The molecule has 1 aliphatic heterocycles. The number of carbonyl (C=O) groups excluding carboxylic acids is 1. The van der Waals surface area contributed by atoms with Crippen molar-refractivity contribution in [2.24, 2.45) is 0 Å². The minimum atomic E-state index is -3.68. The Hall–Kier alpha value is -1.44. The molecule has 0 bridgehead atoms. The molecule has 0 aromatic heterocycles. The van der Waals surface area contributed by atoms with Crippen LogP contribution < -0.4 is 10.0 Å². The highest BCUT2D eigenvalue weighted by Gasteiger charge is 2.42. The second kappa shape index (κ2) is 6.94. The van der Waals surface area contributed by atoms with E-state index in [0.29, 0.717) is 12.2 Å². The third kappa shape index (κ3) is 3.94. The summed E-state index contributed by atoms with van der Waals surface area (Å²) in [7, 11) is -3.68. The van der Waals surface area contributed by atoms with Gasteiger partial charge in [0.2, 0.25) is 10.0 Å². The van der Waals surface area contributed by atoms with E-state index in [2.05, 4.69) is 10.0 Å². The number of ether oxygens (including phenoxy) is 1. The number of hydrogen-bond donors (Lipinski definition) is 2. The molecule has 3 aliphatic rings. The van der Waals surface area contributed by atoms with E-state index in [1.807, 2.05) is 0 Å². The van der Waals surface area contributed by atoms with Gasteiger partial charge in [-0.2, -0.15) is 0 Å². The maximum Gasteiger partial charge on any atom is 0.251 e. The first-order chi connectivity index (χ1) is 12.5. The summed E-state index contributed by atoms with van der Waals surface area (Å²) in [6, 6.07) is 6.27. The first-order valence-corrected chi connectivity index (χ1v) is 11.0. The molecular formula is C19H26N2O4S. The quantitative estimate of drug-likeness (QED) is 0.824. The van der Waals surface area contributed by atoms with Crippen molar-refractivity contribution in [3.8, 4) is 0 Å². The second-order valence-corrected chi connectivity index (χ2v) is 9.57. The van der Waals surface area contributed by atoms with Crippen LogP contribution in [0.5, 0.6) is 0 Å². The molecule has 3 fully saturated rings. The lowest BCUT2D eigenvalue weighted by molar-refractivity contribution is -0.0245. The van der Waals surface area contributed by atoms with Crippen molar-refractivity contribution in [3.63, 3.8) is 0 Å². The lowest BCUT2D eigenvalue weighted by atomic mass is 9.82. The Bertz CT molecular complexity index is 782. The molecule has 7 heteroatoms. The third-order valence-corrected chi connectivity index (χ3v) is 7.13. The van der Waals surface area contributed by atoms with Gasteiger partial charge >= 0.3 is 0 Å². The SMILES string of the molecule is O=C(NC1CC1)c1cccc(S(=O)(=O)N[C@@H]2COC3(CCCCC3)C2)c1. The van der Waals surface area contributed by atoms with Crippen LogP contribution in [0.4, 0.5) is 0 Å². The minimum absolute atomic E-state index is 0.130. The standard InChI is InChI=1S/C19H26N2O4S/c22-18(20-15-7-8-15)14-5-4-6-17(11-14)26(23,24)21-16-12-19(25-13-16)9-2-1-3-10-19/h4-6,11,15-16,21H,1-3,7-10,12-13H2,(H,20,22)/t16-/m0/s1. The number of nitrogens with one attached hydrogen (secondary N) is 2. The van der Waals surface area contributed by atoms with Gasteiger partial charge in [-0.15, -0.1) is 0 Å². The number of hydrogen-bond acceptors (Lipinski definition) is 4. The summed E-state index contributed by atoms with van der Waals surface area (Å²) in [5.74, 6) is -0.213. The van der Waals surface area contributed by atoms with Gasteiger partial charge in [-0.3, -0.25) is 4.79 Å². The van der Waals surface area contributed by atoms with Gasteiger partial charge in [0, 0.05) is 17.6 Å². The predicted molar refractivity (Wildman–Crippen MR) is 97.4 cm³/mol. The Morgan fingerprint density at radius 1 is 1.12 bits per heavy atom. The van der Waals surface area contributed by atoms with Crippen molar-refractivity contribution in [3.05, 3.63) is 29.8 Å². The monoisotopic (exact) mass is 378 g/mol. The number of sulfonamides is 1. The van der Waals surface area contributed by atoms with Crippen LogP contribution in [-0.4, -0.2) is 38.6 Å². The highest BCUT2D eigenvalue weighted by molar-refractivity contribution is 7.89. The largest absolute Gasteiger partial charge is 0.373 e. The van der Waals surface area contributed by atoms with Crippen LogP contribution in [0.25, 0.3) is 0 Å². The van der Waals surface area contributed by atoms with Crippen molar-refractivity contribution in [1.29, 1.82) is 0 Å². The normalized spacial score (nSPS) is 25.3. The molecule has 1 spiro atoms. The van der Waals surface area contributed by atoms with Crippen LogP contribution in [0.1, 0.15) is 61.7 Å². The molecule has 2 N–H and O–H groups in total. The van der Waals surface area contributed by atoms with Crippen LogP contribution in [0.3, 0.4) is 0 Å². The van der Waals surface area contributed by atoms with Crippen molar-refractivity contribution in [1.82, 2.24) is 10.0 Å². The highest BCUT2D eigenvalue weighted by atomic mass is 32.2. The molecule has 1 aromatic carbocycles. The van der Waals surface area contributed by atoms with Crippen LogP contribution >= 0.6 is 0 Å². The number of carbonyl (C=O) groups is 1. The summed E-state index contributed by atoms with van der Waals surface area (Å²) >= 11 is 0. The van der Waals surface area contributed by atoms with E-state index < -0.39 is 10.0 Å². The zero-order valence-electron chi connectivity index (χ0n) is 14.9. The molecule has 2 saturated carbocycles. The van der Waals surface area contributed by atoms with Gasteiger partial charge < -0.3 is 10.1 Å². The van der Waals surface area contributed by atoms with Crippen molar-refractivity contribution < 1.29 is 17.9 Å². The number of amides is 1. The van der Waals surface area contributed by atoms with Gasteiger partial charge in [-0.25, -0.2) is 13.1 Å². The van der Waals surface area contributed by atoms with E-state index >= 15 is 0 Å². The van der Waals surface area contributed by atoms with Crippen LogP contribution in [-0.2, 0) is 14.8 Å². The average molecular weight is 378 g/mol. The molecule has 142 valence electrons. The van der Waals surface area contributed by atoms with Crippen LogP contribution in [0, 0.1) is 0 Å². The molecule has 1 amide bonds. The predicted octanol–water partition coefficient (Wildman–Crippen LogP) is 2.35. The summed E-state index contributed by atoms with van der Waals surface area (Å²) in [4.78, 5) is 12.3. The number of benzene rings is 1. The fourth-order valence-corrected chi connectivity index (χ4v) is 5.32. The summed E-state index contributed by atoms with van der Waals surface area (Å²) < 4.78 is 34.3.